The van der Waals surface area contributed by atoms with Gasteiger partial charge in [0.2, 0.25) is 0 Å². The molecule has 0 aromatic carbocycles. The monoisotopic (exact) mass is 228 g/mol. The first-order valence-electron chi connectivity index (χ1n) is 6.44. The van der Waals surface area contributed by atoms with Crippen molar-refractivity contribution in [2.45, 2.75) is 64.1 Å². The van der Waals surface area contributed by atoms with E-state index in [0.717, 1.165) is 26.0 Å². The Hall–Kier alpha value is -0.120. The SMILES string of the molecule is CCC(C)N(C)C1(CN)CCOC(C)(C)C1. The molecule has 1 fully saturated rings. The Morgan fingerprint density at radius 1 is 1.44 bits per heavy atom. The third kappa shape index (κ3) is 2.76. The number of rotatable bonds is 4. The molecule has 1 aliphatic heterocycles. The van der Waals surface area contributed by atoms with Crippen molar-refractivity contribution in [2.24, 2.45) is 5.73 Å². The summed E-state index contributed by atoms with van der Waals surface area (Å²) in [4.78, 5) is 2.47. The zero-order valence-corrected chi connectivity index (χ0v) is 11.5. The number of nitrogens with zero attached hydrogens (tertiary/aromatic N) is 1. The summed E-state index contributed by atoms with van der Waals surface area (Å²) in [7, 11) is 2.21. The van der Waals surface area contributed by atoms with E-state index in [1.54, 1.807) is 0 Å². The molecule has 1 rings (SSSR count). The van der Waals surface area contributed by atoms with Crippen LogP contribution in [0.1, 0.15) is 47.0 Å². The minimum atomic E-state index is -0.0423. The summed E-state index contributed by atoms with van der Waals surface area (Å²) in [5, 5.41) is 0. The Kier molecular flexibility index (Phi) is 4.38. The molecule has 0 bridgehead atoms. The lowest BCUT2D eigenvalue weighted by Gasteiger charge is -2.51. The first-order valence-corrected chi connectivity index (χ1v) is 6.44. The molecule has 0 aromatic heterocycles. The third-order valence-electron chi connectivity index (χ3n) is 4.20. The van der Waals surface area contributed by atoms with Gasteiger partial charge in [0.15, 0.2) is 0 Å². The van der Waals surface area contributed by atoms with Gasteiger partial charge >= 0.3 is 0 Å². The van der Waals surface area contributed by atoms with Crippen molar-refractivity contribution < 1.29 is 4.74 Å². The highest BCUT2D eigenvalue weighted by molar-refractivity contribution is 4.99. The van der Waals surface area contributed by atoms with Crippen LogP contribution in [-0.4, -0.2) is 42.3 Å². The van der Waals surface area contributed by atoms with Gasteiger partial charge in [-0.15, -0.1) is 0 Å². The van der Waals surface area contributed by atoms with Crippen molar-refractivity contribution in [3.05, 3.63) is 0 Å². The summed E-state index contributed by atoms with van der Waals surface area (Å²) in [5.74, 6) is 0. The van der Waals surface area contributed by atoms with Crippen molar-refractivity contribution in [3.8, 4) is 0 Å². The van der Waals surface area contributed by atoms with Crippen LogP contribution in [0.25, 0.3) is 0 Å². The van der Waals surface area contributed by atoms with E-state index in [0.29, 0.717) is 6.04 Å². The fourth-order valence-corrected chi connectivity index (χ4v) is 2.81. The number of hydrogen-bond donors (Lipinski definition) is 1. The van der Waals surface area contributed by atoms with E-state index in [4.69, 9.17) is 10.5 Å². The van der Waals surface area contributed by atoms with E-state index < -0.39 is 0 Å². The molecule has 0 radical (unpaired) electrons. The zero-order valence-electron chi connectivity index (χ0n) is 11.5. The van der Waals surface area contributed by atoms with Crippen LogP contribution in [0.15, 0.2) is 0 Å². The van der Waals surface area contributed by atoms with E-state index in [1.165, 1.54) is 6.42 Å². The van der Waals surface area contributed by atoms with E-state index in [-0.39, 0.29) is 11.1 Å². The molecule has 96 valence electrons. The van der Waals surface area contributed by atoms with Gasteiger partial charge in [0.05, 0.1) is 5.60 Å². The number of ether oxygens (including phenoxy) is 1. The van der Waals surface area contributed by atoms with Gasteiger partial charge in [-0.3, -0.25) is 4.90 Å². The van der Waals surface area contributed by atoms with Gasteiger partial charge in [0, 0.05) is 24.7 Å². The number of hydrogen-bond acceptors (Lipinski definition) is 3. The number of nitrogens with two attached hydrogens (primary N) is 1. The maximum absolute atomic E-state index is 6.06. The first kappa shape index (κ1) is 13.9. The summed E-state index contributed by atoms with van der Waals surface area (Å²) in [5.41, 5.74) is 6.14. The van der Waals surface area contributed by atoms with E-state index in [2.05, 4.69) is 39.6 Å². The molecular weight excluding hydrogens is 200 g/mol. The van der Waals surface area contributed by atoms with Crippen molar-refractivity contribution in [3.63, 3.8) is 0 Å². The van der Waals surface area contributed by atoms with Crippen LogP contribution in [0.2, 0.25) is 0 Å². The van der Waals surface area contributed by atoms with Crippen molar-refractivity contribution in [1.29, 1.82) is 0 Å². The van der Waals surface area contributed by atoms with Gasteiger partial charge in [0.25, 0.3) is 0 Å². The molecule has 3 heteroatoms. The van der Waals surface area contributed by atoms with Crippen LogP contribution < -0.4 is 5.73 Å². The van der Waals surface area contributed by atoms with Crippen LogP contribution in [0.5, 0.6) is 0 Å². The molecule has 0 spiro atoms. The lowest BCUT2D eigenvalue weighted by molar-refractivity contribution is -0.119. The predicted octanol–water partition coefficient (Wildman–Crippen LogP) is 2.00. The minimum Gasteiger partial charge on any atom is -0.375 e. The molecule has 1 saturated heterocycles. The maximum Gasteiger partial charge on any atom is 0.0644 e. The minimum absolute atomic E-state index is 0.0423. The van der Waals surface area contributed by atoms with Gasteiger partial charge in [0.1, 0.15) is 0 Å². The summed E-state index contributed by atoms with van der Waals surface area (Å²) in [6, 6.07) is 0.581. The largest absolute Gasteiger partial charge is 0.375 e. The fraction of sp³-hybridized carbons (Fsp3) is 1.00. The maximum atomic E-state index is 6.06. The molecule has 1 heterocycles. The lowest BCUT2D eigenvalue weighted by Crippen LogP contribution is -2.61. The second-order valence-electron chi connectivity index (χ2n) is 5.83. The normalized spacial score (nSPS) is 31.7. The molecule has 16 heavy (non-hydrogen) atoms. The topological polar surface area (TPSA) is 38.5 Å². The second kappa shape index (κ2) is 5.03. The average molecular weight is 228 g/mol. The molecule has 0 aliphatic carbocycles. The quantitative estimate of drug-likeness (QED) is 0.800. The Labute approximate surface area is 100 Å². The molecule has 2 N–H and O–H groups in total. The molecule has 0 amide bonds. The van der Waals surface area contributed by atoms with Gasteiger partial charge in [-0.05, 0) is 47.1 Å². The molecule has 2 unspecified atom stereocenters. The fourth-order valence-electron chi connectivity index (χ4n) is 2.81. The Morgan fingerprint density at radius 3 is 2.50 bits per heavy atom. The van der Waals surface area contributed by atoms with Crippen LogP contribution in [-0.2, 0) is 4.74 Å². The second-order valence-corrected chi connectivity index (χ2v) is 5.83. The van der Waals surface area contributed by atoms with Gasteiger partial charge in [-0.25, -0.2) is 0 Å². The first-order chi connectivity index (χ1) is 7.37. The molecule has 0 aromatic rings. The van der Waals surface area contributed by atoms with Crippen LogP contribution in [0.4, 0.5) is 0 Å². The highest BCUT2D eigenvalue weighted by Gasteiger charge is 2.43. The summed E-state index contributed by atoms with van der Waals surface area (Å²) >= 11 is 0. The van der Waals surface area contributed by atoms with Crippen LogP contribution >= 0.6 is 0 Å². The molecule has 1 aliphatic rings. The summed E-state index contributed by atoms with van der Waals surface area (Å²) in [6.45, 7) is 10.4. The van der Waals surface area contributed by atoms with Gasteiger partial charge < -0.3 is 10.5 Å². The highest BCUT2D eigenvalue weighted by Crippen LogP contribution is 2.36. The predicted molar refractivity (Wildman–Crippen MR) is 68.6 cm³/mol. The summed E-state index contributed by atoms with van der Waals surface area (Å²) in [6.07, 6.45) is 3.24. The van der Waals surface area contributed by atoms with Crippen molar-refractivity contribution in [2.75, 3.05) is 20.2 Å². The van der Waals surface area contributed by atoms with E-state index in [9.17, 15) is 0 Å². The standard InChI is InChI=1S/C13H28N2O/c1-6-11(2)15(5)13(10-14)7-8-16-12(3,4)9-13/h11H,6-10,14H2,1-5H3. The molecule has 2 atom stereocenters. The summed E-state index contributed by atoms with van der Waals surface area (Å²) < 4.78 is 5.80. The lowest BCUT2D eigenvalue weighted by atomic mass is 9.79. The molecule has 3 nitrogen and oxygen atoms in total. The van der Waals surface area contributed by atoms with Crippen LogP contribution in [0, 0.1) is 0 Å². The third-order valence-corrected chi connectivity index (χ3v) is 4.20. The molecular formula is C13H28N2O. The highest BCUT2D eigenvalue weighted by atomic mass is 16.5. The smallest absolute Gasteiger partial charge is 0.0644 e. The zero-order chi connectivity index (χ0) is 12.4. The van der Waals surface area contributed by atoms with Gasteiger partial charge in [-0.2, -0.15) is 0 Å². The Balaban J connectivity index is 2.84. The Morgan fingerprint density at radius 2 is 2.06 bits per heavy atom. The van der Waals surface area contributed by atoms with Crippen LogP contribution in [0.3, 0.4) is 0 Å². The van der Waals surface area contributed by atoms with Crippen molar-refractivity contribution >= 4 is 0 Å². The average Bonchev–Trinajstić information content (AvgIpc) is 2.25. The Bertz CT molecular complexity index is 230. The number of likely N-dealkylation sites (N-methyl/N-ethyl adjacent to an activating group) is 1. The molecule has 0 saturated carbocycles. The van der Waals surface area contributed by atoms with E-state index in [1.807, 2.05) is 0 Å². The van der Waals surface area contributed by atoms with E-state index >= 15 is 0 Å². The van der Waals surface area contributed by atoms with Gasteiger partial charge in [-0.1, -0.05) is 6.92 Å². The van der Waals surface area contributed by atoms with Crippen molar-refractivity contribution in [1.82, 2.24) is 4.90 Å².